The van der Waals surface area contributed by atoms with Crippen LogP contribution in [0.3, 0.4) is 0 Å². The molecular weight excluding hydrogens is 332 g/mol. The number of amides is 2. The second kappa shape index (κ2) is 6.75. The van der Waals surface area contributed by atoms with E-state index in [9.17, 15) is 19.7 Å². The first-order valence-electron chi connectivity index (χ1n) is 7.32. The number of thiazole rings is 1. The highest BCUT2D eigenvalue weighted by Gasteiger charge is 2.24. The molecule has 1 aromatic carbocycles. The zero-order chi connectivity index (χ0) is 17.1. The standard InChI is InChI=1S/C15H14N4O4S/c20-13(16-10-3-1-4-12(7-10)19(22)23)8-11-9-24-15(17-11)18-6-2-5-14(18)21/h1,3-4,7,9H,2,5-6,8H2,(H,16,20). The van der Waals surface area contributed by atoms with Crippen molar-refractivity contribution in [3.8, 4) is 0 Å². The summed E-state index contributed by atoms with van der Waals surface area (Å²) in [6.45, 7) is 0.658. The Labute approximate surface area is 141 Å². The summed E-state index contributed by atoms with van der Waals surface area (Å²) in [4.78, 5) is 39.9. The summed E-state index contributed by atoms with van der Waals surface area (Å²) in [5.74, 6) is -0.267. The smallest absolute Gasteiger partial charge is 0.271 e. The number of carbonyl (C=O) groups excluding carboxylic acids is 2. The number of nitrogens with zero attached hydrogens (tertiary/aromatic N) is 3. The van der Waals surface area contributed by atoms with Gasteiger partial charge in [-0.15, -0.1) is 11.3 Å². The second-order valence-electron chi connectivity index (χ2n) is 5.30. The van der Waals surface area contributed by atoms with E-state index in [-0.39, 0.29) is 23.9 Å². The Morgan fingerprint density at radius 1 is 1.46 bits per heavy atom. The van der Waals surface area contributed by atoms with Crippen LogP contribution in [-0.4, -0.2) is 28.3 Å². The van der Waals surface area contributed by atoms with Crippen LogP contribution in [-0.2, 0) is 16.0 Å². The summed E-state index contributed by atoms with van der Waals surface area (Å²) in [6.07, 6.45) is 1.39. The van der Waals surface area contributed by atoms with Gasteiger partial charge >= 0.3 is 0 Å². The van der Waals surface area contributed by atoms with Crippen LogP contribution in [0.2, 0.25) is 0 Å². The zero-order valence-electron chi connectivity index (χ0n) is 12.6. The van der Waals surface area contributed by atoms with E-state index in [0.29, 0.717) is 29.5 Å². The number of nitrogens with one attached hydrogen (secondary N) is 1. The van der Waals surface area contributed by atoms with E-state index in [1.807, 2.05) is 0 Å². The van der Waals surface area contributed by atoms with Crippen molar-refractivity contribution >= 4 is 39.7 Å². The highest BCUT2D eigenvalue weighted by Crippen LogP contribution is 2.25. The minimum absolute atomic E-state index is 0.0429. The molecule has 3 rings (SSSR count). The van der Waals surface area contributed by atoms with Gasteiger partial charge in [0.1, 0.15) is 0 Å². The predicted octanol–water partition coefficient (Wildman–Crippen LogP) is 2.36. The molecule has 1 aliphatic rings. The molecule has 1 aliphatic heterocycles. The number of rotatable bonds is 5. The number of hydrogen-bond donors (Lipinski definition) is 1. The molecule has 0 aliphatic carbocycles. The highest BCUT2D eigenvalue weighted by molar-refractivity contribution is 7.14. The maximum atomic E-state index is 12.1. The summed E-state index contributed by atoms with van der Waals surface area (Å²) in [5.41, 5.74) is 0.841. The van der Waals surface area contributed by atoms with Gasteiger partial charge in [-0.1, -0.05) is 6.07 Å². The van der Waals surface area contributed by atoms with Gasteiger partial charge in [-0.05, 0) is 12.5 Å². The van der Waals surface area contributed by atoms with Gasteiger partial charge in [-0.2, -0.15) is 0 Å². The first-order chi connectivity index (χ1) is 11.5. The minimum Gasteiger partial charge on any atom is -0.325 e. The van der Waals surface area contributed by atoms with Crippen molar-refractivity contribution in [3.05, 3.63) is 45.5 Å². The van der Waals surface area contributed by atoms with Gasteiger partial charge in [0.2, 0.25) is 11.8 Å². The van der Waals surface area contributed by atoms with Crippen molar-refractivity contribution in [3.63, 3.8) is 0 Å². The summed E-state index contributed by atoms with van der Waals surface area (Å²) < 4.78 is 0. The number of anilines is 2. The van der Waals surface area contributed by atoms with E-state index < -0.39 is 4.92 Å². The van der Waals surface area contributed by atoms with Gasteiger partial charge < -0.3 is 5.32 Å². The Hall–Kier alpha value is -2.81. The van der Waals surface area contributed by atoms with Crippen molar-refractivity contribution in [2.75, 3.05) is 16.8 Å². The molecule has 1 aromatic heterocycles. The molecule has 2 aromatic rings. The molecule has 1 N–H and O–H groups in total. The molecule has 2 heterocycles. The monoisotopic (exact) mass is 346 g/mol. The molecule has 1 fully saturated rings. The van der Waals surface area contributed by atoms with Crippen molar-refractivity contribution in [2.24, 2.45) is 0 Å². The summed E-state index contributed by atoms with van der Waals surface area (Å²) >= 11 is 1.33. The van der Waals surface area contributed by atoms with Crippen LogP contribution in [0.15, 0.2) is 29.6 Å². The predicted molar refractivity (Wildman–Crippen MR) is 89.1 cm³/mol. The number of carbonyl (C=O) groups is 2. The van der Waals surface area contributed by atoms with Crippen molar-refractivity contribution in [2.45, 2.75) is 19.3 Å². The van der Waals surface area contributed by atoms with Crippen LogP contribution < -0.4 is 10.2 Å². The summed E-state index contributed by atoms with van der Waals surface area (Å²) in [6, 6.07) is 5.75. The Morgan fingerprint density at radius 3 is 3.00 bits per heavy atom. The van der Waals surface area contributed by atoms with E-state index in [1.54, 1.807) is 16.3 Å². The Kier molecular flexibility index (Phi) is 4.52. The molecule has 0 atom stereocenters. The van der Waals surface area contributed by atoms with Crippen LogP contribution in [0.5, 0.6) is 0 Å². The molecule has 0 saturated carbocycles. The lowest BCUT2D eigenvalue weighted by Gasteiger charge is -2.10. The van der Waals surface area contributed by atoms with E-state index in [2.05, 4.69) is 10.3 Å². The maximum absolute atomic E-state index is 12.1. The fraction of sp³-hybridized carbons (Fsp3) is 0.267. The van der Waals surface area contributed by atoms with E-state index in [1.165, 1.54) is 29.5 Å². The van der Waals surface area contributed by atoms with E-state index >= 15 is 0 Å². The Balaban J connectivity index is 1.63. The lowest BCUT2D eigenvalue weighted by atomic mass is 10.2. The normalized spacial score (nSPS) is 14.0. The summed E-state index contributed by atoms with van der Waals surface area (Å²) in [5, 5.41) is 15.7. The molecule has 124 valence electrons. The quantitative estimate of drug-likeness (QED) is 0.661. The molecular formula is C15H14N4O4S. The van der Waals surface area contributed by atoms with Gasteiger partial charge in [0.25, 0.3) is 5.69 Å². The number of aromatic nitrogens is 1. The Morgan fingerprint density at radius 2 is 2.29 bits per heavy atom. The molecule has 1 saturated heterocycles. The molecule has 0 spiro atoms. The highest BCUT2D eigenvalue weighted by atomic mass is 32.1. The number of non-ortho nitro benzene ring substituents is 1. The first-order valence-corrected chi connectivity index (χ1v) is 8.20. The molecule has 0 radical (unpaired) electrons. The first kappa shape index (κ1) is 16.1. The van der Waals surface area contributed by atoms with Crippen LogP contribution in [0.25, 0.3) is 0 Å². The fourth-order valence-electron chi connectivity index (χ4n) is 2.42. The van der Waals surface area contributed by atoms with Gasteiger partial charge in [-0.3, -0.25) is 24.6 Å². The van der Waals surface area contributed by atoms with Crippen LogP contribution >= 0.6 is 11.3 Å². The molecule has 9 heteroatoms. The number of benzene rings is 1. The molecule has 0 bridgehead atoms. The van der Waals surface area contributed by atoms with Crippen molar-refractivity contribution in [1.29, 1.82) is 0 Å². The summed E-state index contributed by atoms with van der Waals surface area (Å²) in [7, 11) is 0. The third-order valence-electron chi connectivity index (χ3n) is 3.53. The van der Waals surface area contributed by atoms with Crippen LogP contribution in [0.4, 0.5) is 16.5 Å². The van der Waals surface area contributed by atoms with E-state index in [4.69, 9.17) is 0 Å². The van der Waals surface area contributed by atoms with Gasteiger partial charge in [0, 0.05) is 36.2 Å². The number of hydrogen-bond acceptors (Lipinski definition) is 6. The lowest BCUT2D eigenvalue weighted by Crippen LogP contribution is -2.23. The minimum atomic E-state index is -0.518. The van der Waals surface area contributed by atoms with Crippen molar-refractivity contribution < 1.29 is 14.5 Å². The average molecular weight is 346 g/mol. The van der Waals surface area contributed by atoms with Crippen molar-refractivity contribution in [1.82, 2.24) is 4.98 Å². The van der Waals surface area contributed by atoms with Crippen LogP contribution in [0.1, 0.15) is 18.5 Å². The lowest BCUT2D eigenvalue weighted by molar-refractivity contribution is -0.384. The largest absolute Gasteiger partial charge is 0.325 e. The molecule has 8 nitrogen and oxygen atoms in total. The maximum Gasteiger partial charge on any atom is 0.271 e. The van der Waals surface area contributed by atoms with Gasteiger partial charge in [0.15, 0.2) is 5.13 Å². The molecule has 0 unspecified atom stereocenters. The third kappa shape index (κ3) is 3.57. The Bertz CT molecular complexity index is 804. The molecule has 24 heavy (non-hydrogen) atoms. The number of nitro benzene ring substituents is 1. The van der Waals surface area contributed by atoms with E-state index in [0.717, 1.165) is 6.42 Å². The van der Waals surface area contributed by atoms with Crippen LogP contribution in [0, 0.1) is 10.1 Å². The average Bonchev–Trinajstić information content (AvgIpc) is 3.16. The number of nitro groups is 1. The second-order valence-corrected chi connectivity index (χ2v) is 6.14. The van der Waals surface area contributed by atoms with Gasteiger partial charge in [-0.25, -0.2) is 4.98 Å². The topological polar surface area (TPSA) is 105 Å². The third-order valence-corrected chi connectivity index (χ3v) is 4.44. The zero-order valence-corrected chi connectivity index (χ0v) is 13.4. The molecule has 2 amide bonds. The fourth-order valence-corrected chi connectivity index (χ4v) is 3.29. The SMILES string of the molecule is O=C(Cc1csc(N2CCCC2=O)n1)Nc1cccc([N+](=O)[O-])c1. The van der Waals surface area contributed by atoms with Gasteiger partial charge in [0.05, 0.1) is 17.0 Å².